The lowest BCUT2D eigenvalue weighted by Crippen LogP contribution is -2.30. The third kappa shape index (κ3) is 68.9. The summed E-state index contributed by atoms with van der Waals surface area (Å²) in [5.74, 6) is -0.841. The predicted molar refractivity (Wildman–Crippen MR) is 358 cm³/mol. The Morgan fingerprint density at radius 2 is 0.402 bits per heavy atom. The highest BCUT2D eigenvalue weighted by Crippen LogP contribution is 2.20. The Morgan fingerprint density at radius 3 is 0.634 bits per heavy atom. The standard InChI is InChI=1S/C76H146O6/c1-4-7-10-13-16-19-22-25-27-29-31-32-33-34-35-36-37-38-39-40-41-42-43-44-45-46-48-49-51-54-57-60-63-66-69-75(78)81-72-73(71-80-74(77)68-65-62-59-56-53-24-21-18-15-12-9-6-3)82-76(79)70-67-64-61-58-55-52-50-47-30-28-26-23-20-17-14-11-8-5-2/h18,21,73H,4-17,19-20,22-72H2,1-3H3/b21-18-. The van der Waals surface area contributed by atoms with E-state index in [1.54, 1.807) is 0 Å². The van der Waals surface area contributed by atoms with E-state index in [9.17, 15) is 14.4 Å². The van der Waals surface area contributed by atoms with E-state index in [0.29, 0.717) is 19.3 Å². The fourth-order valence-corrected chi connectivity index (χ4v) is 11.9. The fourth-order valence-electron chi connectivity index (χ4n) is 11.9. The Balaban J connectivity index is 4.04. The minimum absolute atomic E-state index is 0.0658. The fraction of sp³-hybridized carbons (Fsp3) is 0.934. The number of hydrogen-bond acceptors (Lipinski definition) is 6. The first-order valence-electron chi connectivity index (χ1n) is 37.7. The Bertz CT molecular complexity index is 1280. The van der Waals surface area contributed by atoms with Crippen LogP contribution in [0.1, 0.15) is 438 Å². The van der Waals surface area contributed by atoms with Crippen molar-refractivity contribution in [3.63, 3.8) is 0 Å². The number of rotatable bonds is 71. The molecule has 0 radical (unpaired) electrons. The summed E-state index contributed by atoms with van der Waals surface area (Å²) in [5, 5.41) is 0. The van der Waals surface area contributed by atoms with E-state index in [4.69, 9.17) is 14.2 Å². The average Bonchev–Trinajstić information content (AvgIpc) is 3.47. The normalized spacial score (nSPS) is 12.0. The van der Waals surface area contributed by atoms with Crippen molar-refractivity contribution in [3.05, 3.63) is 12.2 Å². The maximum atomic E-state index is 12.9. The third-order valence-corrected chi connectivity index (χ3v) is 17.5. The molecule has 0 heterocycles. The molecule has 0 amide bonds. The summed E-state index contributed by atoms with van der Waals surface area (Å²) in [4.78, 5) is 38.4. The lowest BCUT2D eigenvalue weighted by molar-refractivity contribution is -0.167. The second-order valence-electron chi connectivity index (χ2n) is 25.9. The van der Waals surface area contributed by atoms with E-state index >= 15 is 0 Å². The van der Waals surface area contributed by atoms with Crippen LogP contribution in [0.15, 0.2) is 12.2 Å². The van der Waals surface area contributed by atoms with Crippen molar-refractivity contribution in [2.45, 2.75) is 444 Å². The summed E-state index contributed by atoms with van der Waals surface area (Å²) in [6, 6.07) is 0. The molecule has 0 aliphatic rings. The van der Waals surface area contributed by atoms with E-state index in [1.165, 1.54) is 334 Å². The molecule has 0 rings (SSSR count). The molecule has 0 saturated heterocycles. The lowest BCUT2D eigenvalue weighted by Gasteiger charge is -2.18. The average molecular weight is 1160 g/mol. The van der Waals surface area contributed by atoms with Gasteiger partial charge in [0.1, 0.15) is 13.2 Å². The molecular formula is C76H146O6. The summed E-state index contributed by atoms with van der Waals surface area (Å²) < 4.78 is 17.0. The number of carbonyl (C=O) groups is 3. The molecule has 0 aliphatic heterocycles. The van der Waals surface area contributed by atoms with Gasteiger partial charge in [-0.15, -0.1) is 0 Å². The largest absolute Gasteiger partial charge is 0.462 e. The number of esters is 3. The van der Waals surface area contributed by atoms with E-state index in [-0.39, 0.29) is 31.1 Å². The molecular weight excluding hydrogens is 1010 g/mol. The number of allylic oxidation sites excluding steroid dienone is 2. The van der Waals surface area contributed by atoms with Crippen LogP contribution >= 0.6 is 0 Å². The van der Waals surface area contributed by atoms with Crippen LogP contribution in [0.3, 0.4) is 0 Å². The van der Waals surface area contributed by atoms with Crippen molar-refractivity contribution in [1.29, 1.82) is 0 Å². The maximum Gasteiger partial charge on any atom is 0.306 e. The minimum Gasteiger partial charge on any atom is -0.462 e. The first-order chi connectivity index (χ1) is 40.5. The quantitative estimate of drug-likeness (QED) is 0.0261. The molecule has 0 bridgehead atoms. The van der Waals surface area contributed by atoms with Gasteiger partial charge in [-0.25, -0.2) is 0 Å². The SMILES string of the molecule is CCCCC/C=C\CCCCCCCC(=O)OCC(COC(=O)CCCCCCCCCCCCCCCCCCCCCCCCCCCCCCCCCCCC)OC(=O)CCCCCCCCCCCCCCCCCCCC. The zero-order chi connectivity index (χ0) is 59.2. The van der Waals surface area contributed by atoms with Gasteiger partial charge in [-0.2, -0.15) is 0 Å². The maximum absolute atomic E-state index is 12.9. The van der Waals surface area contributed by atoms with Crippen molar-refractivity contribution in [2.75, 3.05) is 13.2 Å². The number of unbranched alkanes of at least 4 members (excludes halogenated alkanes) is 58. The molecule has 1 unspecified atom stereocenters. The van der Waals surface area contributed by atoms with Crippen LogP contribution in [0.5, 0.6) is 0 Å². The summed E-state index contributed by atoms with van der Waals surface area (Å²) in [5.41, 5.74) is 0. The topological polar surface area (TPSA) is 78.9 Å². The van der Waals surface area contributed by atoms with Crippen LogP contribution in [0.2, 0.25) is 0 Å². The monoisotopic (exact) mass is 1160 g/mol. The summed E-state index contributed by atoms with van der Waals surface area (Å²) in [7, 11) is 0. The van der Waals surface area contributed by atoms with Gasteiger partial charge in [-0.3, -0.25) is 14.4 Å². The van der Waals surface area contributed by atoms with Crippen LogP contribution in [0.25, 0.3) is 0 Å². The smallest absolute Gasteiger partial charge is 0.306 e. The molecule has 82 heavy (non-hydrogen) atoms. The highest BCUT2D eigenvalue weighted by Gasteiger charge is 2.20. The lowest BCUT2D eigenvalue weighted by atomic mass is 10.0. The molecule has 0 N–H and O–H groups in total. The van der Waals surface area contributed by atoms with Crippen molar-refractivity contribution in [2.24, 2.45) is 0 Å². The molecule has 6 heteroatoms. The Morgan fingerprint density at radius 1 is 0.232 bits per heavy atom. The van der Waals surface area contributed by atoms with Gasteiger partial charge in [0, 0.05) is 19.3 Å². The predicted octanol–water partition coefficient (Wildman–Crippen LogP) is 26.0. The second-order valence-corrected chi connectivity index (χ2v) is 25.9. The number of hydrogen-bond donors (Lipinski definition) is 0. The van der Waals surface area contributed by atoms with E-state index in [2.05, 4.69) is 32.9 Å². The molecule has 0 spiro atoms. The zero-order valence-corrected chi connectivity index (χ0v) is 56.1. The molecule has 6 nitrogen and oxygen atoms in total. The molecule has 0 aromatic carbocycles. The number of ether oxygens (including phenoxy) is 3. The van der Waals surface area contributed by atoms with Crippen molar-refractivity contribution in [3.8, 4) is 0 Å². The van der Waals surface area contributed by atoms with Gasteiger partial charge in [0.25, 0.3) is 0 Å². The zero-order valence-electron chi connectivity index (χ0n) is 56.1. The molecule has 0 aliphatic carbocycles. The van der Waals surface area contributed by atoms with Crippen LogP contribution in [-0.4, -0.2) is 37.2 Å². The van der Waals surface area contributed by atoms with Gasteiger partial charge in [-0.1, -0.05) is 386 Å². The van der Waals surface area contributed by atoms with E-state index < -0.39 is 6.10 Å². The van der Waals surface area contributed by atoms with Gasteiger partial charge in [0.15, 0.2) is 6.10 Å². The highest BCUT2D eigenvalue weighted by molar-refractivity contribution is 5.71. The van der Waals surface area contributed by atoms with Crippen LogP contribution in [-0.2, 0) is 28.6 Å². The summed E-state index contributed by atoms with van der Waals surface area (Å²) in [6.07, 6.45) is 87.1. The Hall–Kier alpha value is -1.85. The van der Waals surface area contributed by atoms with Crippen LogP contribution < -0.4 is 0 Å². The van der Waals surface area contributed by atoms with Crippen molar-refractivity contribution < 1.29 is 28.6 Å². The molecule has 0 aromatic rings. The van der Waals surface area contributed by atoms with Crippen LogP contribution in [0.4, 0.5) is 0 Å². The Labute approximate surface area is 513 Å². The summed E-state index contributed by atoms with van der Waals surface area (Å²) >= 11 is 0. The second kappa shape index (κ2) is 71.6. The van der Waals surface area contributed by atoms with Crippen molar-refractivity contribution in [1.82, 2.24) is 0 Å². The molecule has 0 fully saturated rings. The van der Waals surface area contributed by atoms with E-state index in [1.807, 2.05) is 0 Å². The molecule has 0 aromatic heterocycles. The molecule has 0 saturated carbocycles. The minimum atomic E-state index is -0.769. The number of carbonyl (C=O) groups excluding carboxylic acids is 3. The first-order valence-corrected chi connectivity index (χ1v) is 37.7. The van der Waals surface area contributed by atoms with Gasteiger partial charge >= 0.3 is 17.9 Å². The van der Waals surface area contributed by atoms with Gasteiger partial charge in [0.05, 0.1) is 0 Å². The summed E-state index contributed by atoms with van der Waals surface area (Å²) in [6.45, 7) is 6.70. The Kier molecular flexibility index (Phi) is 70.0. The van der Waals surface area contributed by atoms with Gasteiger partial charge in [0.2, 0.25) is 0 Å². The first kappa shape index (κ1) is 80.2. The van der Waals surface area contributed by atoms with E-state index in [0.717, 1.165) is 64.2 Å². The van der Waals surface area contributed by atoms with Gasteiger partial charge in [-0.05, 0) is 44.9 Å². The molecule has 486 valence electrons. The van der Waals surface area contributed by atoms with Crippen molar-refractivity contribution >= 4 is 17.9 Å². The third-order valence-electron chi connectivity index (χ3n) is 17.5. The van der Waals surface area contributed by atoms with Gasteiger partial charge < -0.3 is 14.2 Å². The molecule has 1 atom stereocenters. The highest BCUT2D eigenvalue weighted by atomic mass is 16.6. The van der Waals surface area contributed by atoms with Crippen LogP contribution in [0, 0.1) is 0 Å².